The molecule has 0 saturated carbocycles. The van der Waals surface area contributed by atoms with Gasteiger partial charge in [0.15, 0.2) is 0 Å². The molecule has 0 fully saturated rings. The van der Waals surface area contributed by atoms with Crippen molar-refractivity contribution in [3.05, 3.63) is 64.5 Å². The van der Waals surface area contributed by atoms with Crippen molar-refractivity contribution < 1.29 is 0 Å². The summed E-state index contributed by atoms with van der Waals surface area (Å²) in [6.45, 7) is 0.420. The van der Waals surface area contributed by atoms with Crippen LogP contribution < -0.4 is 11.5 Å². The Morgan fingerprint density at radius 1 is 1.27 bits per heavy atom. The fourth-order valence-corrected chi connectivity index (χ4v) is 3.02. The Labute approximate surface area is 132 Å². The van der Waals surface area contributed by atoms with Crippen molar-refractivity contribution >= 4 is 17.2 Å². The molecule has 0 bridgehead atoms. The summed E-state index contributed by atoms with van der Waals surface area (Å²) in [6, 6.07) is 13.8. The smallest absolute Gasteiger partial charge is 0.136 e. The molecule has 0 spiro atoms. The Bertz CT molecular complexity index is 746. The minimum absolute atomic E-state index is 0.126. The molecule has 1 atom stereocenters. The first-order valence-corrected chi connectivity index (χ1v) is 7.83. The zero-order chi connectivity index (χ0) is 15.4. The van der Waals surface area contributed by atoms with E-state index in [9.17, 15) is 0 Å². The first-order chi connectivity index (χ1) is 10.8. The summed E-state index contributed by atoms with van der Waals surface area (Å²) in [5, 5.41) is 8.93. The highest BCUT2D eigenvalue weighted by Crippen LogP contribution is 2.24. The summed E-state index contributed by atoms with van der Waals surface area (Å²) in [7, 11) is 0. The van der Waals surface area contributed by atoms with E-state index in [0.717, 1.165) is 21.7 Å². The molecule has 3 aromatic rings. The lowest BCUT2D eigenvalue weighted by molar-refractivity contribution is 0.739. The van der Waals surface area contributed by atoms with E-state index in [2.05, 4.69) is 15.2 Å². The van der Waals surface area contributed by atoms with Crippen LogP contribution in [0.4, 0.5) is 0 Å². The first kappa shape index (κ1) is 14.5. The number of amidine groups is 1. The van der Waals surface area contributed by atoms with Crippen LogP contribution >= 0.6 is 11.3 Å². The highest BCUT2D eigenvalue weighted by atomic mass is 32.1. The van der Waals surface area contributed by atoms with Gasteiger partial charge in [0, 0.05) is 23.7 Å². The number of hydrogen-bond acceptors (Lipinski definition) is 4. The number of thiophene rings is 1. The fourth-order valence-electron chi connectivity index (χ4n) is 2.20. The van der Waals surface area contributed by atoms with E-state index in [0.29, 0.717) is 12.4 Å². The van der Waals surface area contributed by atoms with Gasteiger partial charge >= 0.3 is 0 Å². The number of hydrogen-bond donors (Lipinski definition) is 3. The maximum atomic E-state index is 6.15. The molecule has 0 aliphatic heterocycles. The second-order valence-electron chi connectivity index (χ2n) is 4.85. The third-order valence-electron chi connectivity index (χ3n) is 3.37. The molecule has 3 rings (SSSR count). The van der Waals surface area contributed by atoms with E-state index in [1.54, 1.807) is 17.5 Å². The van der Waals surface area contributed by atoms with Gasteiger partial charge in [-0.15, -0.1) is 11.3 Å². The normalized spacial score (nSPS) is 13.2. The maximum absolute atomic E-state index is 6.15. The summed E-state index contributed by atoms with van der Waals surface area (Å²) in [6.07, 6.45) is 1.73. The van der Waals surface area contributed by atoms with Gasteiger partial charge in [0.1, 0.15) is 5.84 Å². The van der Waals surface area contributed by atoms with Crippen LogP contribution in [-0.4, -0.2) is 22.6 Å². The van der Waals surface area contributed by atoms with E-state index in [1.165, 1.54) is 0 Å². The second kappa shape index (κ2) is 6.55. The Morgan fingerprint density at radius 2 is 2.09 bits per heavy atom. The zero-order valence-electron chi connectivity index (χ0n) is 11.9. The number of H-pyrrole nitrogens is 1. The van der Waals surface area contributed by atoms with E-state index in [4.69, 9.17) is 11.5 Å². The van der Waals surface area contributed by atoms with Gasteiger partial charge in [0.25, 0.3) is 0 Å². The van der Waals surface area contributed by atoms with Crippen LogP contribution in [0.1, 0.15) is 16.5 Å². The Hall–Kier alpha value is -2.44. The van der Waals surface area contributed by atoms with Gasteiger partial charge in [-0.1, -0.05) is 30.3 Å². The third-order valence-corrected chi connectivity index (χ3v) is 4.32. The molecule has 0 saturated heterocycles. The molecule has 0 radical (unpaired) electrons. The molecule has 2 heterocycles. The summed E-state index contributed by atoms with van der Waals surface area (Å²) >= 11 is 1.56. The average molecular weight is 311 g/mol. The number of aliphatic imine (C=N–C) groups is 1. The number of nitrogens with zero attached hydrogens (tertiary/aromatic N) is 2. The Kier molecular flexibility index (Phi) is 4.32. The lowest BCUT2D eigenvalue weighted by Crippen LogP contribution is -2.18. The number of nitrogens with two attached hydrogens (primary N) is 2. The van der Waals surface area contributed by atoms with Gasteiger partial charge in [-0.25, -0.2) is 0 Å². The summed E-state index contributed by atoms with van der Waals surface area (Å²) in [5.41, 5.74) is 15.1. The molecule has 5 N–H and O–H groups in total. The highest BCUT2D eigenvalue weighted by molar-refractivity contribution is 7.12. The lowest BCUT2D eigenvalue weighted by atomic mass is 10.1. The molecule has 0 aliphatic carbocycles. The van der Waals surface area contributed by atoms with E-state index < -0.39 is 0 Å². The van der Waals surface area contributed by atoms with Crippen molar-refractivity contribution in [3.63, 3.8) is 0 Å². The van der Waals surface area contributed by atoms with Crippen molar-refractivity contribution in [2.45, 2.75) is 6.04 Å². The Morgan fingerprint density at radius 3 is 2.77 bits per heavy atom. The molecule has 22 heavy (non-hydrogen) atoms. The highest BCUT2D eigenvalue weighted by Gasteiger charge is 2.11. The number of aromatic nitrogens is 2. The number of nitrogens with one attached hydrogen (secondary N) is 1. The standard InChI is InChI=1S/C16H17N5S/c17-9-14(11-4-2-1-3-5-11)20-16(18)15-8-12(10-22-15)13-6-7-19-21-13/h1-8,10,14H,9,17H2,(H2,18,20)(H,19,21)/t14-/m1/s1. The molecule has 1 aromatic carbocycles. The first-order valence-electron chi connectivity index (χ1n) is 6.95. The van der Waals surface area contributed by atoms with Crippen LogP contribution in [0.5, 0.6) is 0 Å². The maximum Gasteiger partial charge on any atom is 0.136 e. The van der Waals surface area contributed by atoms with Crippen LogP contribution in [0, 0.1) is 0 Å². The molecule has 6 heteroatoms. The van der Waals surface area contributed by atoms with Crippen LogP contribution in [0.3, 0.4) is 0 Å². The van der Waals surface area contributed by atoms with Crippen molar-refractivity contribution in [1.29, 1.82) is 0 Å². The summed E-state index contributed by atoms with van der Waals surface area (Å²) in [5.74, 6) is 0.509. The van der Waals surface area contributed by atoms with Crippen molar-refractivity contribution in [2.24, 2.45) is 16.5 Å². The number of benzene rings is 1. The van der Waals surface area contributed by atoms with Crippen molar-refractivity contribution in [2.75, 3.05) is 6.54 Å². The minimum Gasteiger partial charge on any atom is -0.383 e. The fraction of sp³-hybridized carbons (Fsp3) is 0.125. The van der Waals surface area contributed by atoms with Crippen molar-refractivity contribution in [1.82, 2.24) is 10.2 Å². The lowest BCUT2D eigenvalue weighted by Gasteiger charge is -2.11. The van der Waals surface area contributed by atoms with Crippen LogP contribution in [0.15, 0.2) is 59.0 Å². The van der Waals surface area contributed by atoms with Gasteiger partial charge in [0.05, 0.1) is 16.6 Å². The third kappa shape index (κ3) is 3.08. The van der Waals surface area contributed by atoms with E-state index >= 15 is 0 Å². The van der Waals surface area contributed by atoms with Gasteiger partial charge in [-0.05, 0) is 17.7 Å². The topological polar surface area (TPSA) is 93.1 Å². The molecule has 112 valence electrons. The van der Waals surface area contributed by atoms with Crippen LogP contribution in [-0.2, 0) is 0 Å². The largest absolute Gasteiger partial charge is 0.383 e. The molecule has 5 nitrogen and oxygen atoms in total. The molecular formula is C16H17N5S. The molecule has 0 unspecified atom stereocenters. The number of rotatable bonds is 5. The number of aromatic amines is 1. The second-order valence-corrected chi connectivity index (χ2v) is 5.76. The van der Waals surface area contributed by atoms with Gasteiger partial charge < -0.3 is 11.5 Å². The van der Waals surface area contributed by atoms with Crippen LogP contribution in [0.25, 0.3) is 11.3 Å². The molecule has 2 aromatic heterocycles. The van der Waals surface area contributed by atoms with Crippen LogP contribution in [0.2, 0.25) is 0 Å². The van der Waals surface area contributed by atoms with E-state index in [-0.39, 0.29) is 6.04 Å². The Balaban J connectivity index is 1.85. The predicted octanol–water partition coefficient (Wildman–Crippen LogP) is 2.54. The molecular weight excluding hydrogens is 294 g/mol. The van der Waals surface area contributed by atoms with Crippen molar-refractivity contribution in [3.8, 4) is 11.3 Å². The minimum atomic E-state index is -0.126. The summed E-state index contributed by atoms with van der Waals surface area (Å²) < 4.78 is 0. The molecule has 0 aliphatic rings. The van der Waals surface area contributed by atoms with Gasteiger partial charge in [-0.2, -0.15) is 5.10 Å². The SMILES string of the molecule is NC[C@@H](N=C(N)c1cc(-c2ccn[nH]2)cs1)c1ccccc1. The summed E-state index contributed by atoms with van der Waals surface area (Å²) in [4.78, 5) is 5.51. The monoisotopic (exact) mass is 311 g/mol. The predicted molar refractivity (Wildman–Crippen MR) is 90.9 cm³/mol. The van der Waals surface area contributed by atoms with Gasteiger partial charge in [-0.3, -0.25) is 10.1 Å². The quantitative estimate of drug-likeness (QED) is 0.499. The zero-order valence-corrected chi connectivity index (χ0v) is 12.8. The van der Waals surface area contributed by atoms with Gasteiger partial charge in [0.2, 0.25) is 0 Å². The molecule has 0 amide bonds. The average Bonchev–Trinajstić information content (AvgIpc) is 3.23. The van der Waals surface area contributed by atoms with E-state index in [1.807, 2.05) is 47.8 Å².